The molecule has 0 aromatic heterocycles. The van der Waals surface area contributed by atoms with E-state index in [0.717, 1.165) is 11.8 Å². The van der Waals surface area contributed by atoms with Gasteiger partial charge in [-0.15, -0.1) is 0 Å². The van der Waals surface area contributed by atoms with Crippen LogP contribution in [0.3, 0.4) is 0 Å². The van der Waals surface area contributed by atoms with Crippen LogP contribution in [0.1, 0.15) is 43.0 Å². The molecule has 2 rings (SSSR count). The third-order valence-corrected chi connectivity index (χ3v) is 6.24. The first-order valence-electron chi connectivity index (χ1n) is 10.9. The van der Waals surface area contributed by atoms with Gasteiger partial charge in [0.1, 0.15) is 12.6 Å². The molecule has 0 aliphatic rings. The summed E-state index contributed by atoms with van der Waals surface area (Å²) in [6.07, 6.45) is 0.0589. The Morgan fingerprint density at radius 3 is 1.97 bits per heavy atom. The van der Waals surface area contributed by atoms with Crippen molar-refractivity contribution < 1.29 is 26.4 Å². The Kier molecular flexibility index (Phi) is 9.63. The Labute approximate surface area is 203 Å². The lowest BCUT2D eigenvalue weighted by Crippen LogP contribution is -2.49. The average molecular weight is 508 g/mol. The Morgan fingerprint density at radius 2 is 1.54 bits per heavy atom. The quantitative estimate of drug-likeness (QED) is 0.364. The second kappa shape index (κ2) is 12.0. The van der Waals surface area contributed by atoms with E-state index in [1.807, 2.05) is 0 Å². The zero-order valence-electron chi connectivity index (χ0n) is 19.6. The van der Waals surface area contributed by atoms with Crippen LogP contribution in [0.5, 0.6) is 0 Å². The highest BCUT2D eigenvalue weighted by Crippen LogP contribution is 2.34. The fourth-order valence-electron chi connectivity index (χ4n) is 3.37. The number of carbonyl (C=O) groups excluding carboxylic acids is 1. The van der Waals surface area contributed by atoms with Gasteiger partial charge in [-0.1, -0.05) is 62.4 Å². The second-order valence-corrected chi connectivity index (χ2v) is 10.6. The van der Waals surface area contributed by atoms with Crippen LogP contribution in [0.25, 0.3) is 12.2 Å². The van der Waals surface area contributed by atoms with Gasteiger partial charge in [-0.3, -0.25) is 10.1 Å². The lowest BCUT2D eigenvalue weighted by Gasteiger charge is -2.28. The normalized spacial score (nSPS) is 14.0. The van der Waals surface area contributed by atoms with Crippen molar-refractivity contribution in [1.29, 1.82) is 5.26 Å². The standard InChI is InChI=1S/C25H28F3N3O3S/c1-17(2)16-22(24(32)30-15-14-29)31-23(25(26,27)28)20-10-6-18(7-11-20)4-5-19-8-12-21(13-9-19)35(3,33)34/h4-13,17,22-23,31H,15-16H2,1-3H3,(H,30,32)/b5-4-/t22-,23-/m0/s1. The smallest absolute Gasteiger partial charge is 0.342 e. The molecule has 0 aliphatic carbocycles. The van der Waals surface area contributed by atoms with E-state index in [4.69, 9.17) is 5.26 Å². The number of hydrogen-bond donors (Lipinski definition) is 2. The van der Waals surface area contributed by atoms with Crippen molar-refractivity contribution in [2.24, 2.45) is 5.92 Å². The van der Waals surface area contributed by atoms with E-state index in [2.05, 4.69) is 10.6 Å². The van der Waals surface area contributed by atoms with Gasteiger partial charge in [-0.05, 0) is 41.2 Å². The van der Waals surface area contributed by atoms with Crippen LogP contribution in [0.2, 0.25) is 0 Å². The molecule has 0 saturated heterocycles. The predicted molar refractivity (Wildman–Crippen MR) is 129 cm³/mol. The molecule has 0 saturated carbocycles. The maximum Gasteiger partial charge on any atom is 0.407 e. The van der Waals surface area contributed by atoms with E-state index >= 15 is 0 Å². The molecule has 2 N–H and O–H groups in total. The second-order valence-electron chi connectivity index (χ2n) is 8.54. The molecule has 10 heteroatoms. The molecule has 2 aromatic rings. The van der Waals surface area contributed by atoms with Crippen LogP contribution < -0.4 is 10.6 Å². The molecular weight excluding hydrogens is 479 g/mol. The van der Waals surface area contributed by atoms with E-state index < -0.39 is 34.0 Å². The summed E-state index contributed by atoms with van der Waals surface area (Å²) in [4.78, 5) is 12.5. The summed E-state index contributed by atoms with van der Waals surface area (Å²) in [6, 6.07) is 10.5. The lowest BCUT2D eigenvalue weighted by atomic mass is 9.98. The summed E-state index contributed by atoms with van der Waals surface area (Å²) >= 11 is 0. The van der Waals surface area contributed by atoms with Crippen LogP contribution in [0.4, 0.5) is 13.2 Å². The molecule has 0 heterocycles. The molecular formula is C25H28F3N3O3S. The summed E-state index contributed by atoms with van der Waals surface area (Å²) in [6.45, 7) is 3.30. The van der Waals surface area contributed by atoms with E-state index in [1.165, 1.54) is 36.4 Å². The number of rotatable bonds is 10. The highest BCUT2D eigenvalue weighted by Gasteiger charge is 2.42. The van der Waals surface area contributed by atoms with Gasteiger partial charge >= 0.3 is 6.18 Å². The summed E-state index contributed by atoms with van der Waals surface area (Å²) in [5.41, 5.74) is 1.33. The lowest BCUT2D eigenvalue weighted by molar-refractivity contribution is -0.161. The number of amides is 1. The van der Waals surface area contributed by atoms with Gasteiger partial charge < -0.3 is 5.32 Å². The van der Waals surface area contributed by atoms with Crippen molar-refractivity contribution in [3.63, 3.8) is 0 Å². The molecule has 0 aliphatic heterocycles. The van der Waals surface area contributed by atoms with E-state index in [-0.39, 0.29) is 29.3 Å². The topological polar surface area (TPSA) is 99.1 Å². The maximum atomic E-state index is 13.9. The molecule has 0 fully saturated rings. The van der Waals surface area contributed by atoms with Crippen LogP contribution in [-0.2, 0) is 14.6 Å². The first-order chi connectivity index (χ1) is 16.3. The molecule has 2 aromatic carbocycles. The number of alkyl halides is 3. The Balaban J connectivity index is 2.22. The van der Waals surface area contributed by atoms with Gasteiger partial charge in [-0.25, -0.2) is 8.42 Å². The molecule has 2 atom stereocenters. The predicted octanol–water partition coefficient (Wildman–Crippen LogP) is 4.51. The van der Waals surface area contributed by atoms with E-state index in [9.17, 15) is 26.4 Å². The van der Waals surface area contributed by atoms with Crippen molar-refractivity contribution in [3.05, 3.63) is 65.2 Å². The van der Waals surface area contributed by atoms with Gasteiger partial charge in [-0.2, -0.15) is 18.4 Å². The summed E-state index contributed by atoms with van der Waals surface area (Å²) < 4.78 is 64.8. The maximum absolute atomic E-state index is 13.9. The number of carbonyl (C=O) groups is 1. The van der Waals surface area contributed by atoms with Gasteiger partial charge in [0.05, 0.1) is 17.0 Å². The van der Waals surface area contributed by atoms with Crippen molar-refractivity contribution in [2.75, 3.05) is 12.8 Å². The largest absolute Gasteiger partial charge is 0.407 e. The highest BCUT2D eigenvalue weighted by molar-refractivity contribution is 7.90. The molecule has 35 heavy (non-hydrogen) atoms. The van der Waals surface area contributed by atoms with Gasteiger partial charge in [0.15, 0.2) is 9.84 Å². The Hall–Kier alpha value is -3.16. The third kappa shape index (κ3) is 8.85. The van der Waals surface area contributed by atoms with E-state index in [0.29, 0.717) is 5.56 Å². The van der Waals surface area contributed by atoms with Crippen molar-refractivity contribution >= 4 is 27.9 Å². The Bertz CT molecular complexity index is 1170. The number of sulfone groups is 1. The van der Waals surface area contributed by atoms with Crippen molar-refractivity contribution in [1.82, 2.24) is 10.6 Å². The number of nitrogens with zero attached hydrogens (tertiary/aromatic N) is 1. The minimum absolute atomic E-state index is 0.0472. The van der Waals surface area contributed by atoms with Crippen LogP contribution in [-0.4, -0.2) is 39.3 Å². The molecule has 188 valence electrons. The fraction of sp³-hybridized carbons (Fsp3) is 0.360. The number of halogens is 3. The van der Waals surface area contributed by atoms with Gasteiger partial charge in [0, 0.05) is 6.26 Å². The number of benzene rings is 2. The zero-order chi connectivity index (χ0) is 26.2. The summed E-state index contributed by atoms with van der Waals surface area (Å²) in [5.74, 6) is -0.704. The number of nitriles is 1. The first-order valence-corrected chi connectivity index (χ1v) is 12.8. The highest BCUT2D eigenvalue weighted by atomic mass is 32.2. The SMILES string of the molecule is CC(C)C[C@H](N[C@@H](c1ccc(/C=C\c2ccc(S(C)(=O)=O)cc2)cc1)C(F)(F)F)C(=O)NCC#N. The zero-order valence-corrected chi connectivity index (χ0v) is 20.5. The van der Waals surface area contributed by atoms with Gasteiger partial charge in [0.25, 0.3) is 0 Å². The molecule has 0 bridgehead atoms. The van der Waals surface area contributed by atoms with Crippen molar-refractivity contribution in [2.45, 2.75) is 43.4 Å². The third-order valence-electron chi connectivity index (χ3n) is 5.11. The summed E-state index contributed by atoms with van der Waals surface area (Å²) in [7, 11) is -3.30. The molecule has 6 nitrogen and oxygen atoms in total. The minimum atomic E-state index is -4.65. The van der Waals surface area contributed by atoms with Gasteiger partial charge in [0.2, 0.25) is 5.91 Å². The first kappa shape index (κ1) is 28.1. The van der Waals surface area contributed by atoms with Crippen LogP contribution >= 0.6 is 0 Å². The molecule has 0 spiro atoms. The molecule has 0 unspecified atom stereocenters. The van der Waals surface area contributed by atoms with Crippen LogP contribution in [0, 0.1) is 17.2 Å². The monoisotopic (exact) mass is 507 g/mol. The van der Waals surface area contributed by atoms with E-state index in [1.54, 1.807) is 44.2 Å². The minimum Gasteiger partial charge on any atom is -0.342 e. The van der Waals surface area contributed by atoms with Crippen LogP contribution in [0.15, 0.2) is 53.4 Å². The fourth-order valence-corrected chi connectivity index (χ4v) is 4.00. The average Bonchev–Trinajstić information content (AvgIpc) is 2.78. The number of hydrogen-bond acceptors (Lipinski definition) is 5. The number of nitrogens with one attached hydrogen (secondary N) is 2. The Morgan fingerprint density at radius 1 is 1.03 bits per heavy atom. The van der Waals surface area contributed by atoms with Crippen molar-refractivity contribution in [3.8, 4) is 6.07 Å². The molecule has 0 radical (unpaired) electrons. The molecule has 1 amide bonds. The summed E-state index contributed by atoms with van der Waals surface area (Å²) in [5, 5.41) is 13.4.